The van der Waals surface area contributed by atoms with Crippen LogP contribution in [0.3, 0.4) is 0 Å². The van der Waals surface area contributed by atoms with Crippen LogP contribution < -0.4 is 10.5 Å². The number of benzene rings is 2. The summed E-state index contributed by atoms with van der Waals surface area (Å²) in [4.78, 5) is 7.19. The van der Waals surface area contributed by atoms with Crippen molar-refractivity contribution in [1.29, 1.82) is 0 Å². The molecule has 0 bridgehead atoms. The summed E-state index contributed by atoms with van der Waals surface area (Å²) in [5, 5.41) is 8.52. The van der Waals surface area contributed by atoms with Crippen LogP contribution in [0.2, 0.25) is 0 Å². The van der Waals surface area contributed by atoms with E-state index >= 15 is 0 Å². The van der Waals surface area contributed by atoms with E-state index in [1.54, 1.807) is 12.1 Å². The van der Waals surface area contributed by atoms with Gasteiger partial charge >= 0.3 is 0 Å². The second-order valence-electron chi connectivity index (χ2n) is 7.15. The molecule has 8 heteroatoms. The van der Waals surface area contributed by atoms with E-state index in [4.69, 9.17) is 10.1 Å². The lowest BCUT2D eigenvalue weighted by atomic mass is 9.99. The van der Waals surface area contributed by atoms with Crippen molar-refractivity contribution in [2.75, 3.05) is 19.6 Å². The molecule has 1 unspecified atom stereocenters. The van der Waals surface area contributed by atoms with Crippen molar-refractivity contribution in [1.82, 2.24) is 10.2 Å². The zero-order valence-electron chi connectivity index (χ0n) is 16.6. The van der Waals surface area contributed by atoms with E-state index in [0.717, 1.165) is 44.0 Å². The number of hydrogen-bond acceptors (Lipinski definition) is 3. The minimum atomic E-state index is -3.66. The van der Waals surface area contributed by atoms with Gasteiger partial charge in [-0.2, -0.15) is 0 Å². The van der Waals surface area contributed by atoms with Crippen LogP contribution in [0.15, 0.2) is 64.5 Å². The van der Waals surface area contributed by atoms with Gasteiger partial charge in [0.1, 0.15) is 0 Å². The zero-order chi connectivity index (χ0) is 20.0. The van der Waals surface area contributed by atoms with Gasteiger partial charge in [0.2, 0.25) is 10.0 Å². The van der Waals surface area contributed by atoms with Gasteiger partial charge < -0.3 is 10.2 Å². The maximum atomic E-state index is 11.4. The van der Waals surface area contributed by atoms with E-state index in [1.807, 2.05) is 0 Å². The monoisotopic (exact) mass is 528 g/mol. The lowest BCUT2D eigenvalue weighted by molar-refractivity contribution is 0.460. The Hall–Kier alpha value is -1.65. The molecule has 1 aliphatic heterocycles. The number of nitrogens with zero attached hydrogens (tertiary/aromatic N) is 2. The number of likely N-dealkylation sites (tertiary alicyclic amines) is 1. The Bertz CT molecular complexity index is 902. The van der Waals surface area contributed by atoms with E-state index in [1.165, 1.54) is 17.7 Å². The Morgan fingerprint density at radius 2 is 1.83 bits per heavy atom. The molecule has 0 aliphatic carbocycles. The van der Waals surface area contributed by atoms with Gasteiger partial charge in [0.25, 0.3) is 0 Å². The molecule has 1 atom stereocenters. The molecule has 1 heterocycles. The Balaban J connectivity index is 0.00000300. The first-order valence-corrected chi connectivity index (χ1v) is 11.2. The third-order valence-electron chi connectivity index (χ3n) is 4.95. The van der Waals surface area contributed by atoms with Crippen molar-refractivity contribution < 1.29 is 8.42 Å². The largest absolute Gasteiger partial charge is 0.357 e. The molecule has 158 valence electrons. The van der Waals surface area contributed by atoms with Crippen molar-refractivity contribution in [2.24, 2.45) is 16.0 Å². The average Bonchev–Trinajstić information content (AvgIpc) is 3.14. The quantitative estimate of drug-likeness (QED) is 0.343. The number of nitrogens with two attached hydrogens (primary N) is 1. The number of hydrogen-bond donors (Lipinski definition) is 2. The summed E-state index contributed by atoms with van der Waals surface area (Å²) >= 11 is 0. The van der Waals surface area contributed by atoms with Gasteiger partial charge in [0.15, 0.2) is 5.96 Å². The normalized spacial score (nSPS) is 17.1. The van der Waals surface area contributed by atoms with Crippen molar-refractivity contribution in [3.63, 3.8) is 0 Å². The molecule has 0 amide bonds. The Labute approximate surface area is 190 Å². The molecule has 2 aromatic rings. The van der Waals surface area contributed by atoms with Crippen molar-refractivity contribution >= 4 is 40.0 Å². The molecule has 2 aromatic carbocycles. The van der Waals surface area contributed by atoms with Gasteiger partial charge in [0.05, 0.1) is 11.4 Å². The molecule has 3 rings (SSSR count). The van der Waals surface area contributed by atoms with Crippen LogP contribution in [-0.2, 0) is 23.0 Å². The van der Waals surface area contributed by atoms with Gasteiger partial charge in [-0.05, 0) is 48.9 Å². The van der Waals surface area contributed by atoms with Crippen molar-refractivity contribution in [3.05, 3.63) is 65.7 Å². The summed E-state index contributed by atoms with van der Waals surface area (Å²) in [6, 6.07) is 17.2. The SMILES string of the molecule is CCNC(=NCc1ccc(S(N)(=O)=O)cc1)N1CCC(Cc2ccccc2)C1.I. The highest BCUT2D eigenvalue weighted by Crippen LogP contribution is 2.21. The Morgan fingerprint density at radius 1 is 1.14 bits per heavy atom. The summed E-state index contributed by atoms with van der Waals surface area (Å²) in [6.07, 6.45) is 2.24. The molecule has 0 spiro atoms. The molecule has 1 fully saturated rings. The van der Waals surface area contributed by atoms with Crippen LogP contribution in [0, 0.1) is 5.92 Å². The lowest BCUT2D eigenvalue weighted by Gasteiger charge is -2.21. The first kappa shape index (κ1) is 23.6. The molecule has 0 radical (unpaired) electrons. The number of sulfonamides is 1. The predicted molar refractivity (Wildman–Crippen MR) is 128 cm³/mol. The number of rotatable bonds is 6. The minimum Gasteiger partial charge on any atom is -0.357 e. The molecule has 3 N–H and O–H groups in total. The van der Waals surface area contributed by atoms with Gasteiger partial charge in [-0.15, -0.1) is 24.0 Å². The highest BCUT2D eigenvalue weighted by atomic mass is 127. The number of halogens is 1. The van der Waals surface area contributed by atoms with Crippen molar-refractivity contribution in [3.8, 4) is 0 Å². The van der Waals surface area contributed by atoms with E-state index < -0.39 is 10.0 Å². The van der Waals surface area contributed by atoms with Gasteiger partial charge in [0, 0.05) is 19.6 Å². The van der Waals surface area contributed by atoms with E-state index in [9.17, 15) is 8.42 Å². The third-order valence-corrected chi connectivity index (χ3v) is 5.88. The highest BCUT2D eigenvalue weighted by molar-refractivity contribution is 14.0. The van der Waals surface area contributed by atoms with Crippen LogP contribution >= 0.6 is 24.0 Å². The van der Waals surface area contributed by atoms with Crippen LogP contribution in [0.25, 0.3) is 0 Å². The maximum absolute atomic E-state index is 11.4. The number of nitrogens with one attached hydrogen (secondary N) is 1. The van der Waals surface area contributed by atoms with Gasteiger partial charge in [-0.3, -0.25) is 0 Å². The fraction of sp³-hybridized carbons (Fsp3) is 0.381. The van der Waals surface area contributed by atoms with Crippen molar-refractivity contribution in [2.45, 2.75) is 31.2 Å². The number of aliphatic imine (C=N–C) groups is 1. The zero-order valence-corrected chi connectivity index (χ0v) is 19.8. The van der Waals surface area contributed by atoms with Gasteiger partial charge in [-0.1, -0.05) is 42.5 Å². The molecule has 0 saturated carbocycles. The Morgan fingerprint density at radius 3 is 2.45 bits per heavy atom. The molecule has 29 heavy (non-hydrogen) atoms. The summed E-state index contributed by atoms with van der Waals surface area (Å²) in [6.45, 7) is 5.35. The second kappa shape index (κ2) is 10.9. The average molecular weight is 528 g/mol. The van der Waals surface area contributed by atoms with Crippen LogP contribution in [0.4, 0.5) is 0 Å². The van der Waals surface area contributed by atoms with E-state index in [2.05, 4.69) is 47.5 Å². The predicted octanol–water partition coefficient (Wildman–Crippen LogP) is 2.98. The molecule has 6 nitrogen and oxygen atoms in total. The Kier molecular flexibility index (Phi) is 8.91. The van der Waals surface area contributed by atoms with Crippen LogP contribution in [-0.4, -0.2) is 38.9 Å². The minimum absolute atomic E-state index is 0. The summed E-state index contributed by atoms with van der Waals surface area (Å²) < 4.78 is 22.7. The standard InChI is InChI=1S/C21H28N4O2S.HI/c1-2-23-21(24-15-18-8-10-20(11-9-18)28(22,26)27)25-13-12-19(16-25)14-17-6-4-3-5-7-17;/h3-11,19H,2,12-16H2,1H3,(H,23,24)(H2,22,26,27);1H. The van der Waals surface area contributed by atoms with Crippen LogP contribution in [0.1, 0.15) is 24.5 Å². The molecular weight excluding hydrogens is 499 g/mol. The summed E-state index contributed by atoms with van der Waals surface area (Å²) in [5.74, 6) is 1.54. The lowest BCUT2D eigenvalue weighted by Crippen LogP contribution is -2.40. The first-order valence-electron chi connectivity index (χ1n) is 9.64. The molecule has 1 saturated heterocycles. The van der Waals surface area contributed by atoms with Crippen LogP contribution in [0.5, 0.6) is 0 Å². The number of guanidine groups is 1. The number of primary sulfonamides is 1. The highest BCUT2D eigenvalue weighted by Gasteiger charge is 2.24. The first-order chi connectivity index (χ1) is 13.5. The van der Waals surface area contributed by atoms with Gasteiger partial charge in [-0.25, -0.2) is 18.5 Å². The second-order valence-corrected chi connectivity index (χ2v) is 8.71. The third kappa shape index (κ3) is 6.97. The van der Waals surface area contributed by atoms with E-state index in [0.29, 0.717) is 12.5 Å². The molecular formula is C21H29IN4O2S. The maximum Gasteiger partial charge on any atom is 0.238 e. The molecule has 1 aliphatic rings. The fourth-order valence-corrected chi connectivity index (χ4v) is 4.03. The summed E-state index contributed by atoms with van der Waals surface area (Å²) in [7, 11) is -3.66. The van der Waals surface area contributed by atoms with E-state index in [-0.39, 0.29) is 28.9 Å². The molecule has 0 aromatic heterocycles. The fourth-order valence-electron chi connectivity index (χ4n) is 3.52. The summed E-state index contributed by atoms with van der Waals surface area (Å²) in [5.41, 5.74) is 2.33. The smallest absolute Gasteiger partial charge is 0.238 e. The topological polar surface area (TPSA) is 87.8 Å².